The number of nitrogens with one attached hydrogen (secondary N) is 1. The minimum Gasteiger partial charge on any atom is -0.351 e. The molecule has 2 N–H and O–H groups in total. The Morgan fingerprint density at radius 3 is 2.39 bits per heavy atom. The van der Waals surface area contributed by atoms with E-state index in [9.17, 15) is 22.0 Å². The van der Waals surface area contributed by atoms with Crippen molar-refractivity contribution in [3.05, 3.63) is 111 Å². The summed E-state index contributed by atoms with van der Waals surface area (Å²) in [7, 11) is -4.23. The summed E-state index contributed by atoms with van der Waals surface area (Å²) in [4.78, 5) is 16.8. The van der Waals surface area contributed by atoms with Gasteiger partial charge in [0, 0.05) is 29.0 Å². The molecule has 7 nitrogen and oxygen atoms in total. The lowest BCUT2D eigenvalue weighted by Crippen LogP contribution is -2.29. The number of carbonyl (C=O) groups excluding carboxylic acids is 1. The molecular weight excluding hydrogens is 615 g/mol. The molecule has 216 valence electrons. The Hall–Kier alpha value is -2.96. The normalized spacial score (nSPS) is 12.0. The summed E-state index contributed by atoms with van der Waals surface area (Å²) in [6.45, 7) is 3.68. The van der Waals surface area contributed by atoms with Crippen LogP contribution in [0.2, 0.25) is 10.0 Å². The van der Waals surface area contributed by atoms with Crippen LogP contribution in [0.1, 0.15) is 41.0 Å². The fraction of sp³-hybridized carbons (Fsp3) is 0.214. The molecule has 3 aromatic carbocycles. The topological polar surface area (TPSA) is 101 Å². The van der Waals surface area contributed by atoms with Crippen molar-refractivity contribution in [1.29, 1.82) is 0 Å². The van der Waals surface area contributed by atoms with Gasteiger partial charge in [-0.2, -0.15) is 8.42 Å². The molecule has 0 aliphatic heterocycles. The van der Waals surface area contributed by atoms with Gasteiger partial charge in [-0.1, -0.05) is 60.9 Å². The van der Waals surface area contributed by atoms with Crippen molar-refractivity contribution < 1.29 is 26.5 Å². The first kappa shape index (κ1) is 31.0. The maximum Gasteiger partial charge on any atom is 0.266 e. The highest BCUT2D eigenvalue weighted by Gasteiger charge is 2.30. The number of imidazole rings is 1. The lowest BCUT2D eigenvalue weighted by atomic mass is 9.81. The third kappa shape index (κ3) is 7.47. The number of carbonyl (C=O) groups is 1. The minimum atomic E-state index is -4.23. The molecule has 0 aliphatic carbocycles. The monoisotopic (exact) mass is 639 g/mol. The molecule has 41 heavy (non-hydrogen) atoms. The van der Waals surface area contributed by atoms with Crippen LogP contribution in [0.3, 0.4) is 0 Å². The Balaban J connectivity index is 1.61. The molecule has 1 amide bonds. The van der Waals surface area contributed by atoms with Gasteiger partial charge in [-0.05, 0) is 59.7 Å². The second-order valence-corrected chi connectivity index (χ2v) is 13.0. The van der Waals surface area contributed by atoms with E-state index < -0.39 is 38.8 Å². The summed E-state index contributed by atoms with van der Waals surface area (Å²) in [5.41, 5.74) is 2.02. The number of hydrogen-bond acceptors (Lipinski definition) is 5. The van der Waals surface area contributed by atoms with Crippen molar-refractivity contribution in [2.24, 2.45) is 0 Å². The summed E-state index contributed by atoms with van der Waals surface area (Å²) in [5, 5.41) is 3.69. The van der Waals surface area contributed by atoms with Gasteiger partial charge in [-0.15, -0.1) is 0 Å². The van der Waals surface area contributed by atoms with Crippen molar-refractivity contribution in [2.45, 2.75) is 30.2 Å². The van der Waals surface area contributed by atoms with E-state index >= 15 is 0 Å². The first-order valence-electron chi connectivity index (χ1n) is 12.2. The van der Waals surface area contributed by atoms with Crippen LogP contribution in [0.5, 0.6) is 0 Å². The SMILES string of the molecule is CC(C)(c1ccc(Cl)c(Cl)c1)c1cnc(SCc2ccc(C(=O)NCCS(=O)(=O)O)cc2F)n1-c1ccc(F)cc1. The number of rotatable bonds is 10. The van der Waals surface area contributed by atoms with Crippen molar-refractivity contribution in [1.82, 2.24) is 14.9 Å². The van der Waals surface area contributed by atoms with E-state index in [0.29, 0.717) is 26.5 Å². The van der Waals surface area contributed by atoms with Gasteiger partial charge in [0.15, 0.2) is 5.16 Å². The molecular formula is C28H25Cl2F2N3O4S2. The largest absolute Gasteiger partial charge is 0.351 e. The Kier molecular flexibility index (Phi) is 9.45. The molecule has 0 atom stereocenters. The highest BCUT2D eigenvalue weighted by Crippen LogP contribution is 2.38. The smallest absolute Gasteiger partial charge is 0.266 e. The summed E-state index contributed by atoms with van der Waals surface area (Å²) < 4.78 is 61.0. The van der Waals surface area contributed by atoms with Crippen molar-refractivity contribution in [3.63, 3.8) is 0 Å². The molecule has 4 aromatic rings. The quantitative estimate of drug-likeness (QED) is 0.148. The standard InChI is InChI=1S/C28H25Cl2F2N3O4S2/c1-28(2,19-5-10-22(29)23(30)14-19)25-15-34-27(35(25)21-8-6-20(31)7-9-21)40-16-18-4-3-17(13-24(18)32)26(36)33-11-12-41(37,38)39/h3-10,13-15H,11-12,16H2,1-2H3,(H,33,36)(H,37,38,39). The van der Waals surface area contributed by atoms with Crippen LogP contribution in [-0.4, -0.2) is 40.7 Å². The Bertz CT molecular complexity index is 1700. The van der Waals surface area contributed by atoms with E-state index in [1.807, 2.05) is 24.5 Å². The predicted octanol–water partition coefficient (Wildman–Crippen LogP) is 6.69. The molecule has 0 radical (unpaired) electrons. The lowest BCUT2D eigenvalue weighted by molar-refractivity contribution is 0.0955. The molecule has 1 aromatic heterocycles. The van der Waals surface area contributed by atoms with E-state index in [0.717, 1.165) is 17.3 Å². The maximum atomic E-state index is 15.0. The van der Waals surface area contributed by atoms with Crippen LogP contribution in [0.15, 0.2) is 72.0 Å². The summed E-state index contributed by atoms with van der Waals surface area (Å²) in [5.74, 6) is -2.18. The number of amides is 1. The van der Waals surface area contributed by atoms with Crippen LogP contribution in [0.4, 0.5) is 8.78 Å². The highest BCUT2D eigenvalue weighted by molar-refractivity contribution is 7.98. The van der Waals surface area contributed by atoms with E-state index in [2.05, 4.69) is 10.3 Å². The maximum absolute atomic E-state index is 15.0. The van der Waals surface area contributed by atoms with E-state index in [1.165, 1.54) is 36.0 Å². The molecule has 0 aliphatic rings. The van der Waals surface area contributed by atoms with Gasteiger partial charge < -0.3 is 5.32 Å². The zero-order valence-electron chi connectivity index (χ0n) is 21.9. The van der Waals surface area contributed by atoms with Crippen molar-refractivity contribution >= 4 is 51.0 Å². The third-order valence-corrected chi connectivity index (χ3v) is 8.87. The molecule has 13 heteroatoms. The summed E-state index contributed by atoms with van der Waals surface area (Å²) in [6, 6.07) is 15.3. The highest BCUT2D eigenvalue weighted by atomic mass is 35.5. The molecule has 0 unspecified atom stereocenters. The van der Waals surface area contributed by atoms with Crippen LogP contribution in [-0.2, 0) is 21.3 Å². The lowest BCUT2D eigenvalue weighted by Gasteiger charge is -2.28. The minimum absolute atomic E-state index is 0.00469. The molecule has 0 saturated carbocycles. The van der Waals surface area contributed by atoms with Gasteiger partial charge in [-0.3, -0.25) is 13.9 Å². The summed E-state index contributed by atoms with van der Waals surface area (Å²) >= 11 is 13.7. The van der Waals surface area contributed by atoms with Gasteiger partial charge in [0.1, 0.15) is 11.6 Å². The fourth-order valence-electron chi connectivity index (χ4n) is 4.09. The molecule has 0 bridgehead atoms. The average Bonchev–Trinajstić information content (AvgIpc) is 3.34. The van der Waals surface area contributed by atoms with Gasteiger partial charge in [0.25, 0.3) is 16.0 Å². The van der Waals surface area contributed by atoms with Crippen molar-refractivity contribution in [3.8, 4) is 5.69 Å². The number of halogens is 4. The van der Waals surface area contributed by atoms with Crippen molar-refractivity contribution in [2.75, 3.05) is 12.3 Å². The Morgan fingerprint density at radius 1 is 1.05 bits per heavy atom. The molecule has 1 heterocycles. The van der Waals surface area contributed by atoms with E-state index in [4.69, 9.17) is 27.8 Å². The average molecular weight is 641 g/mol. The number of thioether (sulfide) groups is 1. The number of nitrogens with zero attached hydrogens (tertiary/aromatic N) is 2. The zero-order chi connectivity index (χ0) is 29.9. The zero-order valence-corrected chi connectivity index (χ0v) is 25.0. The van der Waals surface area contributed by atoms with Crippen LogP contribution < -0.4 is 5.32 Å². The van der Waals surface area contributed by atoms with E-state index in [1.54, 1.807) is 30.5 Å². The summed E-state index contributed by atoms with van der Waals surface area (Å²) in [6.07, 6.45) is 1.71. The predicted molar refractivity (Wildman–Crippen MR) is 157 cm³/mol. The molecule has 0 saturated heterocycles. The Morgan fingerprint density at radius 2 is 1.76 bits per heavy atom. The first-order chi connectivity index (χ1) is 19.3. The fourth-order valence-corrected chi connectivity index (χ4v) is 5.73. The molecule has 4 rings (SSSR count). The second kappa shape index (κ2) is 12.5. The molecule has 0 spiro atoms. The number of aromatic nitrogens is 2. The van der Waals surface area contributed by atoms with Crippen LogP contribution in [0, 0.1) is 11.6 Å². The van der Waals surface area contributed by atoms with Gasteiger partial charge in [0.2, 0.25) is 0 Å². The van der Waals surface area contributed by atoms with Crippen LogP contribution >= 0.6 is 35.0 Å². The Labute approximate surface area is 250 Å². The number of benzene rings is 3. The van der Waals surface area contributed by atoms with Gasteiger partial charge in [0.05, 0.1) is 27.7 Å². The first-order valence-corrected chi connectivity index (χ1v) is 15.6. The third-order valence-electron chi connectivity index (χ3n) is 6.41. The molecule has 0 fully saturated rings. The number of hydrogen-bond donors (Lipinski definition) is 2. The van der Waals surface area contributed by atoms with Gasteiger partial charge >= 0.3 is 0 Å². The van der Waals surface area contributed by atoms with Gasteiger partial charge in [-0.25, -0.2) is 13.8 Å². The second-order valence-electron chi connectivity index (χ2n) is 9.63. The van der Waals surface area contributed by atoms with Crippen LogP contribution in [0.25, 0.3) is 5.69 Å². The van der Waals surface area contributed by atoms with E-state index in [-0.39, 0.29) is 17.9 Å².